The highest BCUT2D eigenvalue weighted by Crippen LogP contribution is 2.40. The molecule has 34 heavy (non-hydrogen) atoms. The van der Waals surface area contributed by atoms with Crippen molar-refractivity contribution in [1.82, 2.24) is 20.2 Å². The molecule has 12 nitrogen and oxygen atoms in total. The van der Waals surface area contributed by atoms with Crippen molar-refractivity contribution >= 4 is 51.7 Å². The van der Waals surface area contributed by atoms with E-state index in [4.69, 9.17) is 10.6 Å². The Kier molecular flexibility index (Phi) is 6.52. The molecule has 3 N–H and O–H groups in total. The van der Waals surface area contributed by atoms with Gasteiger partial charge in [0.15, 0.2) is 29.8 Å². The largest absolute Gasteiger partial charge is 0.543 e. The van der Waals surface area contributed by atoms with Crippen molar-refractivity contribution in [3.8, 4) is 0 Å². The van der Waals surface area contributed by atoms with E-state index >= 15 is 0 Å². The Morgan fingerprint density at radius 2 is 2.06 bits per heavy atom. The molecule has 2 aromatic rings. The van der Waals surface area contributed by atoms with E-state index in [0.29, 0.717) is 11.3 Å². The van der Waals surface area contributed by atoms with Crippen molar-refractivity contribution in [2.75, 3.05) is 18.6 Å². The number of hydrogen-bond donors (Lipinski definition) is 2. The summed E-state index contributed by atoms with van der Waals surface area (Å²) in [7, 11) is 1.28. The lowest BCUT2D eigenvalue weighted by molar-refractivity contribution is -0.690. The van der Waals surface area contributed by atoms with Crippen molar-refractivity contribution in [3.05, 3.63) is 46.1 Å². The molecule has 0 aromatic carbocycles. The SMILES string of the molecule is CO/N=C(\C(=O)NC1C(=O)N2C(C(=O)[O-])=C(C[n+]3cc(C)nc(C)c3)CS[C@H]12)c1csc(N)n1. The number of carbonyl (C=O) groups excluding carboxylic acids is 3. The van der Waals surface area contributed by atoms with Crippen LogP contribution in [0.2, 0.25) is 0 Å². The maximum absolute atomic E-state index is 12.9. The van der Waals surface area contributed by atoms with Crippen LogP contribution in [0.3, 0.4) is 0 Å². The standard InChI is InChI=1S/C20H21N7O5S2/c1-9-4-26(5-10(2)22-9)6-11-7-33-18-14(17(29)27(18)15(11)19(30)31)24-16(28)13(25-32-3)12-8-34-20(21)23-12/h4-5,8,14,18H,6-7H2,1-3H3,(H3-,21,23,24,28,30,31)/b25-13-/t14?,18-/m1/s1. The van der Waals surface area contributed by atoms with E-state index in [1.54, 1.807) is 17.8 Å². The molecule has 0 aliphatic carbocycles. The van der Waals surface area contributed by atoms with E-state index in [-0.39, 0.29) is 28.8 Å². The molecule has 2 atom stereocenters. The van der Waals surface area contributed by atoms with Crippen LogP contribution in [0.25, 0.3) is 0 Å². The zero-order valence-electron chi connectivity index (χ0n) is 18.5. The van der Waals surface area contributed by atoms with Gasteiger partial charge >= 0.3 is 0 Å². The van der Waals surface area contributed by atoms with Crippen LogP contribution >= 0.6 is 23.1 Å². The monoisotopic (exact) mass is 503 g/mol. The topological polar surface area (TPSA) is 167 Å². The Hall–Kier alpha value is -3.52. The van der Waals surface area contributed by atoms with Gasteiger partial charge in [0.25, 0.3) is 11.8 Å². The first kappa shape index (κ1) is 23.6. The van der Waals surface area contributed by atoms with Gasteiger partial charge in [0.1, 0.15) is 35.6 Å². The predicted molar refractivity (Wildman–Crippen MR) is 121 cm³/mol. The third kappa shape index (κ3) is 4.46. The highest BCUT2D eigenvalue weighted by atomic mass is 32.2. The van der Waals surface area contributed by atoms with Gasteiger partial charge in [-0.25, -0.2) is 9.97 Å². The molecule has 1 fully saturated rings. The summed E-state index contributed by atoms with van der Waals surface area (Å²) in [4.78, 5) is 52.0. The first-order valence-electron chi connectivity index (χ1n) is 10.1. The second-order valence-electron chi connectivity index (χ2n) is 7.62. The lowest BCUT2D eigenvalue weighted by Crippen LogP contribution is -2.71. The average molecular weight is 504 g/mol. The van der Waals surface area contributed by atoms with Crippen LogP contribution in [-0.4, -0.2) is 62.6 Å². The minimum absolute atomic E-state index is 0.140. The van der Waals surface area contributed by atoms with Crippen LogP contribution in [0.5, 0.6) is 0 Å². The molecule has 2 aromatic heterocycles. The second kappa shape index (κ2) is 9.38. The zero-order valence-corrected chi connectivity index (χ0v) is 20.1. The summed E-state index contributed by atoms with van der Waals surface area (Å²) in [5, 5.41) is 19.5. The van der Waals surface area contributed by atoms with Gasteiger partial charge in [0, 0.05) is 16.7 Å². The molecule has 2 amide bonds. The maximum atomic E-state index is 12.9. The van der Waals surface area contributed by atoms with Crippen LogP contribution < -0.4 is 20.7 Å². The Bertz CT molecular complexity index is 1220. The number of nitrogens with one attached hydrogen (secondary N) is 1. The number of oxime groups is 1. The number of aryl methyl sites for hydroxylation is 2. The third-order valence-electron chi connectivity index (χ3n) is 5.12. The smallest absolute Gasteiger partial charge is 0.276 e. The van der Waals surface area contributed by atoms with Gasteiger partial charge in [0.05, 0.1) is 11.7 Å². The number of carboxylic acid groups (broad SMARTS) is 1. The van der Waals surface area contributed by atoms with Gasteiger partial charge in [-0.3, -0.25) is 14.5 Å². The van der Waals surface area contributed by atoms with Crippen molar-refractivity contribution in [3.63, 3.8) is 0 Å². The lowest BCUT2D eigenvalue weighted by Gasteiger charge is -2.50. The number of aliphatic carboxylic acids is 1. The first-order valence-corrected chi connectivity index (χ1v) is 12.0. The number of rotatable bonds is 7. The van der Waals surface area contributed by atoms with Crippen LogP contribution in [0.1, 0.15) is 17.1 Å². The summed E-state index contributed by atoms with van der Waals surface area (Å²) in [6.07, 6.45) is 3.60. The summed E-state index contributed by atoms with van der Waals surface area (Å²) in [6, 6.07) is -0.940. The fraction of sp³-hybridized carbons (Fsp3) is 0.350. The number of aromatic nitrogens is 3. The molecule has 0 radical (unpaired) electrons. The summed E-state index contributed by atoms with van der Waals surface area (Å²) >= 11 is 2.48. The van der Waals surface area contributed by atoms with Crippen molar-refractivity contribution in [2.24, 2.45) is 5.16 Å². The number of anilines is 1. The quantitative estimate of drug-likeness (QED) is 0.197. The molecule has 2 aliphatic heterocycles. The zero-order chi connectivity index (χ0) is 24.6. The van der Waals surface area contributed by atoms with Crippen LogP contribution in [-0.2, 0) is 25.8 Å². The fourth-order valence-electron chi connectivity index (χ4n) is 3.86. The number of β-lactam (4-membered cyclic amide) rings is 1. The molecular weight excluding hydrogens is 482 g/mol. The number of thiazole rings is 1. The molecule has 1 unspecified atom stereocenters. The number of fused-ring (bicyclic) bond motifs is 1. The maximum Gasteiger partial charge on any atom is 0.276 e. The Balaban J connectivity index is 1.55. The minimum atomic E-state index is -1.44. The van der Waals surface area contributed by atoms with Crippen LogP contribution in [0, 0.1) is 13.8 Å². The Labute approximate surface area is 202 Å². The number of hydrogen-bond acceptors (Lipinski definition) is 11. The summed E-state index contributed by atoms with van der Waals surface area (Å²) in [5.41, 5.74) is 7.64. The molecule has 178 valence electrons. The van der Waals surface area contributed by atoms with Gasteiger partial charge in [-0.15, -0.1) is 23.1 Å². The number of nitrogens with two attached hydrogens (primary N) is 1. The highest BCUT2D eigenvalue weighted by Gasteiger charge is 2.53. The third-order valence-corrected chi connectivity index (χ3v) is 7.13. The van der Waals surface area contributed by atoms with Crippen LogP contribution in [0.15, 0.2) is 34.2 Å². The van der Waals surface area contributed by atoms with Crippen molar-refractivity contribution in [2.45, 2.75) is 31.8 Å². The molecular formula is C20H21N7O5S2. The van der Waals surface area contributed by atoms with Gasteiger partial charge in [0.2, 0.25) is 0 Å². The van der Waals surface area contributed by atoms with E-state index in [0.717, 1.165) is 22.7 Å². The number of carbonyl (C=O) groups is 3. The van der Waals surface area contributed by atoms with E-state index < -0.39 is 29.2 Å². The Morgan fingerprint density at radius 3 is 2.65 bits per heavy atom. The molecule has 1 saturated heterocycles. The highest BCUT2D eigenvalue weighted by molar-refractivity contribution is 8.00. The molecule has 2 aliphatic rings. The predicted octanol–water partition coefficient (Wildman–Crippen LogP) is -1.52. The summed E-state index contributed by atoms with van der Waals surface area (Å²) in [5.74, 6) is -2.34. The number of nitrogens with zero attached hydrogens (tertiary/aromatic N) is 5. The first-order chi connectivity index (χ1) is 16.2. The number of thioether (sulfide) groups is 1. The van der Waals surface area contributed by atoms with Crippen molar-refractivity contribution in [1.29, 1.82) is 0 Å². The molecule has 4 rings (SSSR count). The van der Waals surface area contributed by atoms with Gasteiger partial charge in [-0.1, -0.05) is 5.16 Å². The number of carboxylic acids is 1. The van der Waals surface area contributed by atoms with Crippen molar-refractivity contribution < 1.29 is 28.9 Å². The number of amides is 2. The number of nitrogen functional groups attached to an aromatic ring is 1. The van der Waals surface area contributed by atoms with E-state index in [2.05, 4.69) is 20.4 Å². The molecule has 4 heterocycles. The minimum Gasteiger partial charge on any atom is -0.543 e. The average Bonchev–Trinajstić information content (AvgIpc) is 3.20. The second-order valence-corrected chi connectivity index (χ2v) is 9.61. The van der Waals surface area contributed by atoms with Gasteiger partial charge in [-0.2, -0.15) is 4.57 Å². The van der Waals surface area contributed by atoms with Crippen LogP contribution in [0.4, 0.5) is 5.13 Å². The molecule has 0 bridgehead atoms. The van der Waals surface area contributed by atoms with E-state index in [1.807, 2.05) is 18.4 Å². The Morgan fingerprint density at radius 1 is 1.35 bits per heavy atom. The molecule has 0 spiro atoms. The van der Waals surface area contributed by atoms with Gasteiger partial charge < -0.3 is 25.8 Å². The van der Waals surface area contributed by atoms with E-state index in [9.17, 15) is 19.5 Å². The fourth-order valence-corrected chi connectivity index (χ4v) is 5.74. The van der Waals surface area contributed by atoms with Gasteiger partial charge in [-0.05, 0) is 13.8 Å². The molecule has 0 saturated carbocycles. The summed E-state index contributed by atoms with van der Waals surface area (Å²) in [6.45, 7) is 3.96. The normalized spacial score (nSPS) is 20.0. The summed E-state index contributed by atoms with van der Waals surface area (Å²) < 4.78 is 1.83. The lowest BCUT2D eigenvalue weighted by atomic mass is 10.0. The van der Waals surface area contributed by atoms with E-state index in [1.165, 1.54) is 23.8 Å². The molecule has 14 heteroatoms.